The summed E-state index contributed by atoms with van der Waals surface area (Å²) < 4.78 is 17.7. The largest absolute Gasteiger partial charge is 0.465 e. The van der Waals surface area contributed by atoms with Gasteiger partial charge >= 0.3 is 12.1 Å². The van der Waals surface area contributed by atoms with Crippen LogP contribution in [0, 0.1) is 0 Å². The molecule has 2 atom stereocenters. The van der Waals surface area contributed by atoms with Crippen molar-refractivity contribution in [1.29, 1.82) is 0 Å². The van der Waals surface area contributed by atoms with E-state index < -0.39 is 32.1 Å². The van der Waals surface area contributed by atoms with Crippen LogP contribution in [0.1, 0.15) is 70.5 Å². The van der Waals surface area contributed by atoms with Crippen LogP contribution in [0.15, 0.2) is 67.0 Å². The number of hydrogen-bond acceptors (Lipinski definition) is 7. The van der Waals surface area contributed by atoms with Crippen LogP contribution in [-0.2, 0) is 13.9 Å². The number of aromatic nitrogens is 1. The monoisotopic (exact) mass is 653 g/mol. The molecule has 0 saturated heterocycles. The molecule has 1 N–H and O–H groups in total. The molecule has 45 heavy (non-hydrogen) atoms. The minimum absolute atomic E-state index is 0.0371. The molecule has 0 aliphatic carbocycles. The first kappa shape index (κ1) is 36.1. The molecule has 0 aliphatic rings. The van der Waals surface area contributed by atoms with Crippen molar-refractivity contribution >= 4 is 37.7 Å². The van der Waals surface area contributed by atoms with Gasteiger partial charge in [-0.05, 0) is 87.3 Å². The first-order valence-corrected chi connectivity index (χ1v) is 18.5. The van der Waals surface area contributed by atoms with E-state index in [2.05, 4.69) is 44.2 Å². The summed E-state index contributed by atoms with van der Waals surface area (Å²) in [5.41, 5.74) is 3.16. The molecule has 0 spiro atoms. The highest BCUT2D eigenvalue weighted by Crippen LogP contribution is 2.40. The van der Waals surface area contributed by atoms with Gasteiger partial charge in [0.05, 0.1) is 25.3 Å². The van der Waals surface area contributed by atoms with Gasteiger partial charge in [0, 0.05) is 41.3 Å². The van der Waals surface area contributed by atoms with E-state index in [4.69, 9.17) is 25.5 Å². The molecule has 0 radical (unpaired) electrons. The van der Waals surface area contributed by atoms with Crippen molar-refractivity contribution in [3.05, 3.63) is 83.1 Å². The second kappa shape index (κ2) is 14.8. The second-order valence-electron chi connectivity index (χ2n) is 13.8. The number of rotatable bonds is 11. The molecule has 1 amide bonds. The van der Waals surface area contributed by atoms with Crippen LogP contribution < -0.4 is 5.32 Å². The van der Waals surface area contributed by atoms with E-state index in [1.165, 1.54) is 13.3 Å². The van der Waals surface area contributed by atoms with E-state index in [0.717, 1.165) is 22.4 Å². The number of ether oxygens (including phenoxy) is 2. The molecule has 2 aromatic carbocycles. The van der Waals surface area contributed by atoms with Gasteiger partial charge in [-0.15, -0.1) is 0 Å². The van der Waals surface area contributed by atoms with Crippen molar-refractivity contribution in [3.8, 4) is 11.1 Å². The molecule has 0 aliphatic heterocycles. The molecular formula is C35H48ClN3O5Si. The molecule has 0 unspecified atom stereocenters. The van der Waals surface area contributed by atoms with E-state index in [-0.39, 0.29) is 17.6 Å². The zero-order valence-electron chi connectivity index (χ0n) is 28.2. The van der Waals surface area contributed by atoms with Crippen molar-refractivity contribution in [2.75, 3.05) is 25.5 Å². The number of carbonyl (C=O) groups is 2. The Bertz CT molecular complexity index is 1470. The maximum atomic E-state index is 13.7. The third-order valence-corrected chi connectivity index (χ3v) is 12.7. The Kier molecular flexibility index (Phi) is 11.9. The summed E-state index contributed by atoms with van der Waals surface area (Å²) in [6, 6.07) is 17.0. The van der Waals surface area contributed by atoms with E-state index in [1.807, 2.05) is 76.2 Å². The summed E-state index contributed by atoms with van der Waals surface area (Å²) >= 11 is 6.42. The zero-order chi connectivity index (χ0) is 33.6. The van der Waals surface area contributed by atoms with E-state index in [1.54, 1.807) is 17.2 Å². The number of nitrogens with one attached hydrogen (secondary N) is 1. The average Bonchev–Trinajstić information content (AvgIpc) is 2.96. The highest BCUT2D eigenvalue weighted by atomic mass is 35.5. The SMILES string of the molecule is COC(=O)c1cncc(-c2cccc(NC[C@@H](C)N(C[C@@H](O[Si](C)(C)C(C)(C)C)c3cccc(Cl)c3)C(=O)OC(C)(C)C)c2)c1. The number of pyridine rings is 1. The molecule has 10 heteroatoms. The van der Waals surface area contributed by atoms with Crippen LogP contribution in [0.5, 0.6) is 0 Å². The summed E-state index contributed by atoms with van der Waals surface area (Å²) in [7, 11) is -0.901. The zero-order valence-corrected chi connectivity index (χ0v) is 30.0. The van der Waals surface area contributed by atoms with Crippen LogP contribution in [0.2, 0.25) is 23.2 Å². The van der Waals surface area contributed by atoms with E-state index >= 15 is 0 Å². The quantitative estimate of drug-likeness (QED) is 0.163. The number of methoxy groups -OCH3 is 1. The molecular weight excluding hydrogens is 606 g/mol. The Morgan fingerprint density at radius 2 is 1.67 bits per heavy atom. The fraction of sp³-hybridized carbons (Fsp3) is 0.457. The van der Waals surface area contributed by atoms with Gasteiger partial charge in [0.15, 0.2) is 8.32 Å². The molecule has 3 rings (SSSR count). The summed E-state index contributed by atoms with van der Waals surface area (Å²) in [4.78, 5) is 31.7. The van der Waals surface area contributed by atoms with E-state index in [0.29, 0.717) is 17.1 Å². The lowest BCUT2D eigenvalue weighted by Crippen LogP contribution is -2.49. The van der Waals surface area contributed by atoms with Crippen molar-refractivity contribution in [1.82, 2.24) is 9.88 Å². The maximum absolute atomic E-state index is 13.7. The summed E-state index contributed by atoms with van der Waals surface area (Å²) in [5.74, 6) is -0.441. The molecule has 8 nitrogen and oxygen atoms in total. The number of nitrogens with zero attached hydrogens (tertiary/aromatic N) is 2. The van der Waals surface area contributed by atoms with Crippen LogP contribution >= 0.6 is 11.6 Å². The molecule has 3 aromatic rings. The second-order valence-corrected chi connectivity index (χ2v) is 19.0. The van der Waals surface area contributed by atoms with Crippen molar-refractivity contribution in [2.45, 2.75) is 84.3 Å². The van der Waals surface area contributed by atoms with Crippen LogP contribution in [0.3, 0.4) is 0 Å². The van der Waals surface area contributed by atoms with Crippen molar-refractivity contribution < 1.29 is 23.5 Å². The predicted octanol–water partition coefficient (Wildman–Crippen LogP) is 8.99. The lowest BCUT2D eigenvalue weighted by molar-refractivity contribution is 0.00798. The topological polar surface area (TPSA) is 90.0 Å². The molecule has 1 heterocycles. The number of hydrogen-bond donors (Lipinski definition) is 1. The minimum Gasteiger partial charge on any atom is -0.465 e. The first-order chi connectivity index (χ1) is 20.9. The third-order valence-electron chi connectivity index (χ3n) is 7.94. The lowest BCUT2D eigenvalue weighted by atomic mass is 10.1. The maximum Gasteiger partial charge on any atom is 0.410 e. The van der Waals surface area contributed by atoms with Gasteiger partial charge in [-0.2, -0.15) is 0 Å². The standard InChI is InChI=1S/C35H48ClN3O5Si/c1-24(20-38-30-16-12-13-25(19-30)27-17-28(22-37-21-27)32(40)42-8)39(33(41)43-34(2,3)4)23-31(26-14-11-15-29(36)18-26)44-45(9,10)35(5,6)7/h11-19,21-22,24,31,38H,20,23H2,1-10H3/t24-,31-/m1/s1. The third kappa shape index (κ3) is 10.3. The van der Waals surface area contributed by atoms with Crippen LogP contribution in [-0.4, -0.2) is 62.1 Å². The Balaban J connectivity index is 1.89. The lowest BCUT2D eigenvalue weighted by Gasteiger charge is -2.41. The number of esters is 1. The molecule has 244 valence electrons. The minimum atomic E-state index is -2.25. The average molecular weight is 654 g/mol. The van der Waals surface area contributed by atoms with Crippen molar-refractivity contribution in [3.63, 3.8) is 0 Å². The highest BCUT2D eigenvalue weighted by Gasteiger charge is 2.41. The number of benzene rings is 2. The van der Waals surface area contributed by atoms with Gasteiger partial charge in [0.2, 0.25) is 0 Å². The number of halogens is 1. The van der Waals surface area contributed by atoms with Gasteiger partial charge in [-0.3, -0.25) is 4.98 Å². The fourth-order valence-corrected chi connectivity index (χ4v) is 5.87. The van der Waals surface area contributed by atoms with Gasteiger partial charge in [0.25, 0.3) is 0 Å². The number of amides is 1. The smallest absolute Gasteiger partial charge is 0.410 e. The van der Waals surface area contributed by atoms with Gasteiger partial charge < -0.3 is 24.1 Å². The van der Waals surface area contributed by atoms with Crippen molar-refractivity contribution in [2.24, 2.45) is 0 Å². The molecule has 0 bridgehead atoms. The van der Waals surface area contributed by atoms with E-state index in [9.17, 15) is 9.59 Å². The Hall–Kier alpha value is -3.40. The van der Waals surface area contributed by atoms with Gasteiger partial charge in [-0.25, -0.2) is 9.59 Å². The molecule has 1 aromatic heterocycles. The first-order valence-electron chi connectivity index (χ1n) is 15.2. The summed E-state index contributed by atoms with van der Waals surface area (Å²) in [6.45, 7) is 19.3. The fourth-order valence-electron chi connectivity index (χ4n) is 4.40. The Morgan fingerprint density at radius 1 is 0.978 bits per heavy atom. The number of anilines is 1. The Labute approximate surface area is 274 Å². The van der Waals surface area contributed by atoms with Gasteiger partial charge in [0.1, 0.15) is 5.60 Å². The van der Waals surface area contributed by atoms with Crippen LogP contribution in [0.4, 0.5) is 10.5 Å². The predicted molar refractivity (Wildman–Crippen MR) is 184 cm³/mol. The highest BCUT2D eigenvalue weighted by molar-refractivity contribution is 6.74. The number of carbonyl (C=O) groups excluding carboxylic acids is 2. The molecule has 0 fully saturated rings. The van der Waals surface area contributed by atoms with Gasteiger partial charge in [-0.1, -0.05) is 56.6 Å². The normalized spacial score (nSPS) is 13.5. The Morgan fingerprint density at radius 3 is 2.29 bits per heavy atom. The molecule has 0 saturated carbocycles. The summed E-state index contributed by atoms with van der Waals surface area (Å²) in [5, 5.41) is 4.06. The summed E-state index contributed by atoms with van der Waals surface area (Å²) in [6.07, 6.45) is 2.37. The van der Waals surface area contributed by atoms with Crippen LogP contribution in [0.25, 0.3) is 11.1 Å².